The van der Waals surface area contributed by atoms with Crippen LogP contribution in [0.3, 0.4) is 0 Å². The minimum atomic E-state index is 0.324. The summed E-state index contributed by atoms with van der Waals surface area (Å²) in [6.45, 7) is 7.50. The van der Waals surface area contributed by atoms with Crippen molar-refractivity contribution in [2.75, 3.05) is 20.7 Å². The molecule has 0 spiro atoms. The molecule has 0 amide bonds. The van der Waals surface area contributed by atoms with Gasteiger partial charge in [0.05, 0.1) is 6.10 Å². The normalized spacial score (nSPS) is 17.4. The molecule has 10 heavy (non-hydrogen) atoms. The van der Waals surface area contributed by atoms with Crippen molar-refractivity contribution in [2.24, 2.45) is 0 Å². The Balaban J connectivity index is 3.69. The number of rotatable bonds is 4. The molecule has 0 aliphatic carbocycles. The molecule has 0 bridgehead atoms. The molecule has 0 saturated heterocycles. The van der Waals surface area contributed by atoms with Gasteiger partial charge in [0.1, 0.15) is 0 Å². The fourth-order valence-electron chi connectivity index (χ4n) is 0.843. The minimum absolute atomic E-state index is 0.324. The van der Waals surface area contributed by atoms with Crippen molar-refractivity contribution < 1.29 is 4.74 Å². The molecular formula is C8H19NO. The molecule has 0 aromatic carbocycles. The van der Waals surface area contributed by atoms with Crippen LogP contribution in [0.5, 0.6) is 0 Å². The predicted molar refractivity (Wildman–Crippen MR) is 44.2 cm³/mol. The Kier molecular flexibility index (Phi) is 4.65. The van der Waals surface area contributed by atoms with Crippen molar-refractivity contribution in [3.8, 4) is 0 Å². The van der Waals surface area contributed by atoms with Gasteiger partial charge in [-0.25, -0.2) is 0 Å². The molecule has 62 valence electrons. The second-order valence-corrected chi connectivity index (χ2v) is 2.75. The summed E-state index contributed by atoms with van der Waals surface area (Å²) >= 11 is 0. The van der Waals surface area contributed by atoms with E-state index in [1.807, 2.05) is 0 Å². The van der Waals surface area contributed by atoms with Crippen LogP contribution in [0.25, 0.3) is 0 Å². The number of methoxy groups -OCH3 is 1. The molecule has 0 radical (unpaired) electrons. The zero-order valence-electron chi connectivity index (χ0n) is 7.72. The van der Waals surface area contributed by atoms with Gasteiger partial charge in [-0.2, -0.15) is 0 Å². The fourth-order valence-corrected chi connectivity index (χ4v) is 0.843. The zero-order chi connectivity index (χ0) is 8.15. The Bertz CT molecular complexity index is 75.3. The Morgan fingerprint density at radius 2 is 1.90 bits per heavy atom. The van der Waals surface area contributed by atoms with Crippen LogP contribution in [0.4, 0.5) is 0 Å². The quantitative estimate of drug-likeness (QED) is 0.592. The van der Waals surface area contributed by atoms with Crippen molar-refractivity contribution in [2.45, 2.75) is 32.9 Å². The van der Waals surface area contributed by atoms with E-state index in [-0.39, 0.29) is 0 Å². The summed E-state index contributed by atoms with van der Waals surface area (Å²) in [5.74, 6) is 0. The molecule has 0 rings (SSSR count). The van der Waals surface area contributed by atoms with Crippen LogP contribution in [-0.4, -0.2) is 37.7 Å². The summed E-state index contributed by atoms with van der Waals surface area (Å²) in [6.07, 6.45) is 0.324. The monoisotopic (exact) mass is 145 g/mol. The first-order valence-electron chi connectivity index (χ1n) is 3.86. The van der Waals surface area contributed by atoms with Gasteiger partial charge < -0.3 is 9.64 Å². The summed E-state index contributed by atoms with van der Waals surface area (Å²) in [5.41, 5.74) is 0. The van der Waals surface area contributed by atoms with Gasteiger partial charge in [0.2, 0.25) is 0 Å². The number of nitrogens with zero attached hydrogens (tertiary/aromatic N) is 1. The third-order valence-corrected chi connectivity index (χ3v) is 2.25. The maximum atomic E-state index is 5.19. The topological polar surface area (TPSA) is 12.5 Å². The van der Waals surface area contributed by atoms with E-state index in [0.717, 1.165) is 6.54 Å². The lowest BCUT2D eigenvalue weighted by molar-refractivity contribution is 0.0460. The molecule has 0 aromatic rings. The first kappa shape index (κ1) is 9.92. The van der Waals surface area contributed by atoms with Gasteiger partial charge in [0, 0.05) is 13.2 Å². The van der Waals surface area contributed by atoms with Crippen molar-refractivity contribution >= 4 is 0 Å². The van der Waals surface area contributed by atoms with Gasteiger partial charge in [-0.1, -0.05) is 6.92 Å². The molecule has 2 nitrogen and oxygen atoms in total. The Morgan fingerprint density at radius 1 is 1.40 bits per heavy atom. The van der Waals surface area contributed by atoms with Crippen LogP contribution in [0, 0.1) is 0 Å². The Labute approximate surface area is 64.2 Å². The van der Waals surface area contributed by atoms with Gasteiger partial charge in [0.25, 0.3) is 0 Å². The molecular weight excluding hydrogens is 126 g/mol. The molecule has 0 heterocycles. The van der Waals surface area contributed by atoms with Gasteiger partial charge in [-0.05, 0) is 27.4 Å². The number of hydrogen-bond donors (Lipinski definition) is 0. The smallest absolute Gasteiger partial charge is 0.0695 e. The van der Waals surface area contributed by atoms with Crippen molar-refractivity contribution in [3.05, 3.63) is 0 Å². The maximum absolute atomic E-state index is 5.19. The summed E-state index contributed by atoms with van der Waals surface area (Å²) in [5, 5.41) is 0. The minimum Gasteiger partial charge on any atom is -0.380 e. The van der Waals surface area contributed by atoms with E-state index < -0.39 is 0 Å². The van der Waals surface area contributed by atoms with Gasteiger partial charge in [0.15, 0.2) is 0 Å². The Morgan fingerprint density at radius 3 is 2.20 bits per heavy atom. The van der Waals surface area contributed by atoms with E-state index >= 15 is 0 Å². The average molecular weight is 145 g/mol. The standard InChI is InChI=1S/C8H19NO/c1-6-9(4)7(2)8(3)10-5/h7-8H,6H2,1-5H3/t7-,8-/m1/s1. The van der Waals surface area contributed by atoms with Crippen LogP contribution in [0.2, 0.25) is 0 Å². The third kappa shape index (κ3) is 2.67. The molecule has 0 unspecified atom stereocenters. The van der Waals surface area contributed by atoms with Gasteiger partial charge in [-0.15, -0.1) is 0 Å². The number of ether oxygens (including phenoxy) is 1. The molecule has 2 atom stereocenters. The van der Waals surface area contributed by atoms with Crippen LogP contribution in [-0.2, 0) is 4.74 Å². The van der Waals surface area contributed by atoms with E-state index in [4.69, 9.17) is 4.74 Å². The van der Waals surface area contributed by atoms with E-state index in [2.05, 4.69) is 32.7 Å². The largest absolute Gasteiger partial charge is 0.380 e. The van der Waals surface area contributed by atoms with Crippen LogP contribution in [0.1, 0.15) is 20.8 Å². The van der Waals surface area contributed by atoms with Gasteiger partial charge >= 0.3 is 0 Å². The summed E-state index contributed by atoms with van der Waals surface area (Å²) in [4.78, 5) is 2.27. The molecule has 0 aliphatic rings. The van der Waals surface area contributed by atoms with E-state index in [0.29, 0.717) is 12.1 Å². The van der Waals surface area contributed by atoms with Crippen molar-refractivity contribution in [3.63, 3.8) is 0 Å². The highest BCUT2D eigenvalue weighted by Gasteiger charge is 2.13. The zero-order valence-corrected chi connectivity index (χ0v) is 7.72. The second-order valence-electron chi connectivity index (χ2n) is 2.75. The lowest BCUT2D eigenvalue weighted by Crippen LogP contribution is -2.38. The van der Waals surface area contributed by atoms with Crippen LogP contribution in [0.15, 0.2) is 0 Å². The molecule has 0 aliphatic heterocycles. The molecule has 0 aromatic heterocycles. The van der Waals surface area contributed by atoms with E-state index in [1.54, 1.807) is 7.11 Å². The molecule has 0 N–H and O–H groups in total. The first-order chi connectivity index (χ1) is 4.63. The van der Waals surface area contributed by atoms with E-state index in [1.165, 1.54) is 0 Å². The maximum Gasteiger partial charge on any atom is 0.0695 e. The number of likely N-dealkylation sites (N-methyl/N-ethyl adjacent to an activating group) is 1. The highest BCUT2D eigenvalue weighted by Crippen LogP contribution is 2.03. The summed E-state index contributed by atoms with van der Waals surface area (Å²) in [7, 11) is 3.87. The fraction of sp³-hybridized carbons (Fsp3) is 1.00. The first-order valence-corrected chi connectivity index (χ1v) is 3.86. The summed E-state index contributed by atoms with van der Waals surface area (Å²) in [6, 6.07) is 0.509. The van der Waals surface area contributed by atoms with E-state index in [9.17, 15) is 0 Å². The lowest BCUT2D eigenvalue weighted by Gasteiger charge is -2.27. The summed E-state index contributed by atoms with van der Waals surface area (Å²) < 4.78 is 5.19. The highest BCUT2D eigenvalue weighted by molar-refractivity contribution is 4.68. The SMILES string of the molecule is CCN(C)[C@H](C)[C@@H](C)OC. The van der Waals surface area contributed by atoms with Gasteiger partial charge in [-0.3, -0.25) is 0 Å². The van der Waals surface area contributed by atoms with Crippen molar-refractivity contribution in [1.82, 2.24) is 4.90 Å². The molecule has 0 saturated carbocycles. The van der Waals surface area contributed by atoms with Crippen molar-refractivity contribution in [1.29, 1.82) is 0 Å². The Hall–Kier alpha value is -0.0800. The van der Waals surface area contributed by atoms with Crippen LogP contribution >= 0.6 is 0 Å². The highest BCUT2D eigenvalue weighted by atomic mass is 16.5. The number of hydrogen-bond acceptors (Lipinski definition) is 2. The second kappa shape index (κ2) is 4.69. The molecule has 0 fully saturated rings. The molecule has 2 heteroatoms. The van der Waals surface area contributed by atoms with Crippen LogP contribution < -0.4 is 0 Å². The average Bonchev–Trinajstić information content (AvgIpc) is 2.00. The lowest BCUT2D eigenvalue weighted by atomic mass is 10.2. The predicted octanol–water partition coefficient (Wildman–Crippen LogP) is 1.36. The third-order valence-electron chi connectivity index (χ3n) is 2.25.